The van der Waals surface area contributed by atoms with E-state index in [1.165, 1.54) is 0 Å². The van der Waals surface area contributed by atoms with E-state index >= 15 is 0 Å². The minimum Gasteiger partial charge on any atom is -0.494 e. The molecule has 0 bridgehead atoms. The van der Waals surface area contributed by atoms with E-state index in [-0.39, 0.29) is 5.96 Å². The molecule has 2 N–H and O–H groups in total. The lowest BCUT2D eigenvalue weighted by Gasteiger charge is -2.22. The zero-order valence-electron chi connectivity index (χ0n) is 12.4. The number of hydrogen-bond acceptors (Lipinski definition) is 4. The number of benzene rings is 1. The van der Waals surface area contributed by atoms with Crippen molar-refractivity contribution in [2.24, 2.45) is 10.7 Å². The summed E-state index contributed by atoms with van der Waals surface area (Å²) in [6.45, 7) is 0. The zero-order valence-corrected chi connectivity index (χ0v) is 12.4. The molecule has 0 aliphatic heterocycles. The lowest BCUT2D eigenvalue weighted by Crippen LogP contribution is -2.33. The number of furan rings is 1. The van der Waals surface area contributed by atoms with Gasteiger partial charge in [0.05, 0.1) is 13.3 Å². The summed E-state index contributed by atoms with van der Waals surface area (Å²) in [6, 6.07) is 11.4. The molecule has 6 nitrogen and oxygen atoms in total. The van der Waals surface area contributed by atoms with E-state index in [1.54, 1.807) is 37.5 Å². The first-order valence-corrected chi connectivity index (χ1v) is 6.73. The smallest absolute Gasteiger partial charge is 0.208 e. The molecule has 0 fully saturated rings. The van der Waals surface area contributed by atoms with Crippen LogP contribution in [0.3, 0.4) is 0 Å². The first-order valence-electron chi connectivity index (χ1n) is 6.73. The Morgan fingerprint density at radius 3 is 2.86 bits per heavy atom. The number of aromatic nitrogens is 1. The zero-order chi connectivity index (χ0) is 15.5. The molecular weight excluding hydrogens is 280 g/mol. The van der Waals surface area contributed by atoms with Crippen molar-refractivity contribution in [3.63, 3.8) is 0 Å². The van der Waals surface area contributed by atoms with Gasteiger partial charge >= 0.3 is 0 Å². The molecule has 0 saturated heterocycles. The second kappa shape index (κ2) is 5.77. The summed E-state index contributed by atoms with van der Waals surface area (Å²) in [4.78, 5) is 9.87. The molecule has 0 aliphatic rings. The molecule has 0 atom stereocenters. The molecule has 1 aromatic carbocycles. The van der Waals surface area contributed by atoms with Crippen LogP contribution in [0.2, 0.25) is 0 Å². The van der Waals surface area contributed by atoms with Gasteiger partial charge in [-0.25, -0.2) is 4.90 Å². The third-order valence-electron chi connectivity index (χ3n) is 3.31. The normalized spacial score (nSPS) is 11.6. The average Bonchev–Trinajstić information content (AvgIpc) is 2.98. The predicted molar refractivity (Wildman–Crippen MR) is 86.7 cm³/mol. The van der Waals surface area contributed by atoms with Crippen molar-refractivity contribution in [3.05, 3.63) is 48.8 Å². The van der Waals surface area contributed by atoms with Gasteiger partial charge in [0.1, 0.15) is 17.0 Å². The van der Waals surface area contributed by atoms with E-state index in [2.05, 4.69) is 9.98 Å². The largest absolute Gasteiger partial charge is 0.494 e. The topological polar surface area (TPSA) is 76.9 Å². The molecular formula is C16H16N4O2. The lowest BCUT2D eigenvalue weighted by atomic mass is 10.2. The van der Waals surface area contributed by atoms with Crippen molar-refractivity contribution in [1.29, 1.82) is 0 Å². The van der Waals surface area contributed by atoms with Crippen LogP contribution in [-0.4, -0.2) is 25.1 Å². The number of rotatable bonds is 3. The van der Waals surface area contributed by atoms with Gasteiger partial charge in [0.2, 0.25) is 11.8 Å². The van der Waals surface area contributed by atoms with E-state index in [9.17, 15) is 0 Å². The van der Waals surface area contributed by atoms with Crippen LogP contribution in [0.15, 0.2) is 58.2 Å². The fourth-order valence-corrected chi connectivity index (χ4v) is 2.25. The number of aliphatic imine (C=N–C) groups is 1. The highest BCUT2D eigenvalue weighted by Crippen LogP contribution is 2.35. The first kappa shape index (κ1) is 13.9. The fraction of sp³-hybridized carbons (Fsp3) is 0.125. The number of pyridine rings is 1. The number of methoxy groups -OCH3 is 1. The van der Waals surface area contributed by atoms with Crippen molar-refractivity contribution in [2.45, 2.75) is 0 Å². The Kier molecular flexibility index (Phi) is 3.65. The molecule has 0 radical (unpaired) electrons. The fourth-order valence-electron chi connectivity index (χ4n) is 2.25. The van der Waals surface area contributed by atoms with Gasteiger partial charge in [0.25, 0.3) is 0 Å². The number of fused-ring (bicyclic) bond motifs is 1. The highest BCUT2D eigenvalue weighted by Gasteiger charge is 2.21. The van der Waals surface area contributed by atoms with Crippen LogP contribution in [0, 0.1) is 0 Å². The summed E-state index contributed by atoms with van der Waals surface area (Å²) in [5.74, 6) is 1.46. The summed E-state index contributed by atoms with van der Waals surface area (Å²) in [5, 5.41) is 0.981. The Morgan fingerprint density at radius 1 is 1.32 bits per heavy atom. The van der Waals surface area contributed by atoms with Gasteiger partial charge in [-0.1, -0.05) is 18.2 Å². The summed E-state index contributed by atoms with van der Waals surface area (Å²) >= 11 is 0. The summed E-state index contributed by atoms with van der Waals surface area (Å²) < 4.78 is 11.3. The maximum atomic E-state index is 6.06. The molecule has 0 aliphatic carbocycles. The Balaban J connectivity index is 2.18. The highest BCUT2D eigenvalue weighted by molar-refractivity contribution is 6.03. The van der Waals surface area contributed by atoms with Crippen LogP contribution in [0.5, 0.6) is 5.75 Å². The molecule has 2 heterocycles. The Bertz CT molecular complexity index is 793. The van der Waals surface area contributed by atoms with Gasteiger partial charge in [0, 0.05) is 30.8 Å². The summed E-state index contributed by atoms with van der Waals surface area (Å²) in [7, 11) is 3.21. The first-order chi connectivity index (χ1) is 10.7. The molecule has 22 heavy (non-hydrogen) atoms. The molecule has 112 valence electrons. The highest BCUT2D eigenvalue weighted by atomic mass is 16.5. The van der Waals surface area contributed by atoms with Gasteiger partial charge in [-0.2, -0.15) is 0 Å². The van der Waals surface area contributed by atoms with Gasteiger partial charge in [-0.3, -0.25) is 9.98 Å². The molecule has 3 aromatic rings. The number of para-hydroxylation sites is 1. The third kappa shape index (κ3) is 2.35. The minimum atomic E-state index is 0.283. The Morgan fingerprint density at radius 2 is 2.14 bits per heavy atom. The maximum Gasteiger partial charge on any atom is 0.208 e. The van der Waals surface area contributed by atoms with Crippen LogP contribution in [0.4, 0.5) is 11.6 Å². The van der Waals surface area contributed by atoms with Crippen LogP contribution in [0.1, 0.15) is 0 Å². The van der Waals surface area contributed by atoms with Crippen molar-refractivity contribution in [1.82, 2.24) is 4.98 Å². The van der Waals surface area contributed by atoms with E-state index in [1.807, 2.05) is 30.3 Å². The van der Waals surface area contributed by atoms with Gasteiger partial charge in [0.15, 0.2) is 0 Å². The SMILES string of the molecule is CN=C(N)N(c1cc2ccccc2o1)c1cnccc1OC. The summed E-state index contributed by atoms with van der Waals surface area (Å²) in [6.07, 6.45) is 3.31. The van der Waals surface area contributed by atoms with Crippen molar-refractivity contribution < 1.29 is 9.15 Å². The predicted octanol–water partition coefficient (Wildman–Crippen LogP) is 2.92. The maximum absolute atomic E-state index is 6.06. The number of nitrogens with two attached hydrogens (primary N) is 1. The lowest BCUT2D eigenvalue weighted by molar-refractivity contribution is 0.415. The van der Waals surface area contributed by atoms with E-state index < -0.39 is 0 Å². The van der Waals surface area contributed by atoms with Crippen molar-refractivity contribution >= 4 is 28.5 Å². The minimum absolute atomic E-state index is 0.283. The monoisotopic (exact) mass is 296 g/mol. The molecule has 0 amide bonds. The molecule has 2 aromatic heterocycles. The van der Waals surface area contributed by atoms with Crippen LogP contribution >= 0.6 is 0 Å². The van der Waals surface area contributed by atoms with Gasteiger partial charge < -0.3 is 14.9 Å². The number of nitrogens with zero attached hydrogens (tertiary/aromatic N) is 3. The quantitative estimate of drug-likeness (QED) is 0.594. The van der Waals surface area contributed by atoms with Crippen LogP contribution < -0.4 is 15.4 Å². The van der Waals surface area contributed by atoms with E-state index in [0.29, 0.717) is 17.3 Å². The second-order valence-corrected chi connectivity index (χ2v) is 4.59. The van der Waals surface area contributed by atoms with Crippen LogP contribution in [-0.2, 0) is 0 Å². The van der Waals surface area contributed by atoms with Crippen molar-refractivity contribution in [3.8, 4) is 5.75 Å². The summed E-state index contributed by atoms with van der Waals surface area (Å²) in [5.41, 5.74) is 7.49. The van der Waals surface area contributed by atoms with Gasteiger partial charge in [-0.05, 0) is 6.07 Å². The molecule has 6 heteroatoms. The number of hydrogen-bond donors (Lipinski definition) is 1. The molecule has 0 spiro atoms. The Hall–Kier alpha value is -3.02. The number of anilines is 2. The second-order valence-electron chi connectivity index (χ2n) is 4.59. The molecule has 0 unspecified atom stereocenters. The van der Waals surface area contributed by atoms with Gasteiger partial charge in [-0.15, -0.1) is 0 Å². The standard InChI is InChI=1S/C16H16N4O2/c1-18-16(17)20(12-10-19-8-7-14(12)21-2)15-9-11-5-3-4-6-13(11)22-15/h3-10H,1-2H3,(H2,17,18). The Labute approximate surface area is 127 Å². The number of ether oxygens (including phenoxy) is 1. The average molecular weight is 296 g/mol. The number of guanidine groups is 1. The van der Waals surface area contributed by atoms with E-state index in [0.717, 1.165) is 11.0 Å². The van der Waals surface area contributed by atoms with Crippen molar-refractivity contribution in [2.75, 3.05) is 19.1 Å². The molecule has 3 rings (SSSR count). The third-order valence-corrected chi connectivity index (χ3v) is 3.31. The molecule has 0 saturated carbocycles. The van der Waals surface area contributed by atoms with Crippen LogP contribution in [0.25, 0.3) is 11.0 Å². The van der Waals surface area contributed by atoms with E-state index in [4.69, 9.17) is 14.9 Å².